The molecular weight excluding hydrogens is 1150 g/mol. The summed E-state index contributed by atoms with van der Waals surface area (Å²) < 4.78 is 6.41. The van der Waals surface area contributed by atoms with E-state index in [1.54, 1.807) is 27.7 Å². The van der Waals surface area contributed by atoms with Gasteiger partial charge in [0, 0.05) is 70.1 Å². The van der Waals surface area contributed by atoms with Crippen molar-refractivity contribution in [2.75, 3.05) is 117 Å². The third kappa shape index (κ3) is 39.6. The van der Waals surface area contributed by atoms with E-state index in [2.05, 4.69) is 91.9 Å². The number of anilines is 1. The highest BCUT2D eigenvalue weighted by Gasteiger charge is 2.19. The molecule has 0 fully saturated rings. The van der Waals surface area contributed by atoms with Crippen LogP contribution in [0, 0.1) is 24.7 Å². The quantitative estimate of drug-likeness (QED) is 0.0174. The zero-order valence-electron chi connectivity index (χ0n) is 56.0. The van der Waals surface area contributed by atoms with Crippen molar-refractivity contribution in [1.82, 2.24) is 51.3 Å². The summed E-state index contributed by atoms with van der Waals surface area (Å²) in [5.74, 6) is 2.52. The van der Waals surface area contributed by atoms with E-state index in [1.807, 2.05) is 32.9 Å². The summed E-state index contributed by atoms with van der Waals surface area (Å²) in [6.07, 6.45) is 17.4. The van der Waals surface area contributed by atoms with E-state index in [-0.39, 0.29) is 52.1 Å². The summed E-state index contributed by atoms with van der Waals surface area (Å²) in [6, 6.07) is 8.33. The Morgan fingerprint density at radius 1 is 0.562 bits per heavy atom. The zero-order valence-corrected chi connectivity index (χ0v) is 56.8. The van der Waals surface area contributed by atoms with Crippen LogP contribution in [0.15, 0.2) is 51.6 Å². The molecule has 2 aromatic rings. The molecule has 3 atom stereocenters. The predicted molar refractivity (Wildman–Crippen MR) is 368 cm³/mol. The maximum atomic E-state index is 13.1. The van der Waals surface area contributed by atoms with Gasteiger partial charge in [-0.25, -0.2) is 9.97 Å². The van der Waals surface area contributed by atoms with Gasteiger partial charge in [0.2, 0.25) is 17.7 Å². The van der Waals surface area contributed by atoms with Crippen LogP contribution in [0.1, 0.15) is 186 Å². The summed E-state index contributed by atoms with van der Waals surface area (Å²) in [5, 5.41) is 15.5. The van der Waals surface area contributed by atoms with Crippen LogP contribution >= 0.6 is 11.6 Å². The molecule has 1 heterocycles. The number of halogens is 1. The average Bonchev–Trinajstić information content (AvgIpc) is 2.34. The molecule has 0 aliphatic heterocycles. The molecule has 0 saturated carbocycles. The van der Waals surface area contributed by atoms with Crippen LogP contribution in [0.2, 0.25) is 5.15 Å². The van der Waals surface area contributed by atoms with Crippen LogP contribution in [0.5, 0.6) is 5.75 Å². The Hall–Kier alpha value is -6.10. The number of aliphatic imine (C=N–C) groups is 3. The van der Waals surface area contributed by atoms with Gasteiger partial charge in [-0.05, 0) is 194 Å². The number of nitrogens with zero attached hydrogens (tertiary/aromatic N) is 8. The van der Waals surface area contributed by atoms with Crippen molar-refractivity contribution in [1.29, 1.82) is 0 Å². The lowest BCUT2D eigenvalue weighted by atomic mass is 10.0. The van der Waals surface area contributed by atoms with E-state index in [4.69, 9.17) is 39.3 Å². The lowest BCUT2D eigenvalue weighted by Gasteiger charge is -2.28. The number of amides is 4. The van der Waals surface area contributed by atoms with Crippen LogP contribution < -0.4 is 54.3 Å². The number of carbonyl (C=O) groups excluding carboxylic acids is 4. The number of nitrogens with one attached hydrogen (secondary N) is 5. The summed E-state index contributed by atoms with van der Waals surface area (Å²) in [7, 11) is 0. The van der Waals surface area contributed by atoms with E-state index >= 15 is 0 Å². The Kier molecular flexibility index (Phi) is 43.2. The zero-order chi connectivity index (χ0) is 65.6. The smallest absolute Gasteiger partial charge is 0.279 e. The predicted octanol–water partition coefficient (Wildman–Crippen LogP) is 7.77. The number of hydrogen-bond donors (Lipinski definition) is 9. The first-order valence-corrected chi connectivity index (χ1v) is 33.6. The van der Waals surface area contributed by atoms with E-state index < -0.39 is 5.91 Å². The number of ether oxygens (including phenoxy) is 1. The molecule has 0 aliphatic rings. The minimum Gasteiger partial charge on any atom is -0.492 e. The molecule has 1 aromatic heterocycles. The fourth-order valence-corrected chi connectivity index (χ4v) is 10.1. The minimum absolute atomic E-state index is 0.00291. The molecule has 504 valence electrons. The summed E-state index contributed by atoms with van der Waals surface area (Å²) in [4.78, 5) is 80.3. The second kappa shape index (κ2) is 48.7. The number of nitrogens with two attached hydrogens (primary N) is 4. The number of unbranched alkanes of at least 4 members (excludes halogenated alkanes) is 5. The molecule has 0 aliphatic carbocycles. The number of aromatic nitrogens is 2. The summed E-state index contributed by atoms with van der Waals surface area (Å²) in [5.41, 5.74) is 24.6. The van der Waals surface area contributed by atoms with E-state index in [0.29, 0.717) is 81.4 Å². The lowest BCUT2D eigenvalue weighted by molar-refractivity contribution is -0.125. The van der Waals surface area contributed by atoms with Crippen LogP contribution in [-0.2, 0) is 20.8 Å². The maximum Gasteiger partial charge on any atom is 0.279 e. The van der Waals surface area contributed by atoms with Gasteiger partial charge >= 0.3 is 0 Å². The fourth-order valence-electron chi connectivity index (χ4n) is 10.00. The van der Waals surface area contributed by atoms with Crippen LogP contribution in [0.4, 0.5) is 5.82 Å². The Balaban J connectivity index is 2.08. The monoisotopic (exact) mass is 1260 g/mol. The number of benzene rings is 1. The van der Waals surface area contributed by atoms with E-state index in [9.17, 15) is 19.2 Å². The normalized spacial score (nSPS) is 13.1. The van der Waals surface area contributed by atoms with Crippen molar-refractivity contribution in [3.63, 3.8) is 0 Å². The number of carbonyl (C=O) groups is 4. The molecule has 13 N–H and O–H groups in total. The molecule has 0 saturated heterocycles. The second-order valence-electron chi connectivity index (χ2n) is 23.9. The SMILES string of the molecule is C=C(NCCCCc1ccc(OCCN(CCCN(CCCC)CCCNC(=O)[C@@H](C)CCCCN=C(C)N)CCCN(CCCNC(=O)[C@@H](C)CCCCN=C(C)N)CCCNC(=O)[C@@H](C)CCCCN=C(C)N)cc1)NC(=O)c1nc(Cl)c(C)nc1N. The highest BCUT2D eigenvalue weighted by atomic mass is 35.5. The number of nitrogen functional groups attached to an aromatic ring is 1. The Morgan fingerprint density at radius 3 is 1.39 bits per heavy atom. The van der Waals surface area contributed by atoms with Gasteiger partial charge in [0.1, 0.15) is 12.4 Å². The molecule has 2 rings (SSSR count). The molecule has 0 unspecified atom stereocenters. The fraction of sp³-hybridized carbons (Fsp3) is 0.712. The third-order valence-corrected chi connectivity index (χ3v) is 15.8. The van der Waals surface area contributed by atoms with Crippen molar-refractivity contribution >= 4 is 58.6 Å². The Labute approximate surface area is 540 Å². The van der Waals surface area contributed by atoms with Gasteiger partial charge in [-0.2, -0.15) is 0 Å². The average molecular weight is 1270 g/mol. The van der Waals surface area contributed by atoms with Crippen molar-refractivity contribution in [2.45, 2.75) is 177 Å². The molecule has 89 heavy (non-hydrogen) atoms. The first-order chi connectivity index (χ1) is 42.7. The highest BCUT2D eigenvalue weighted by molar-refractivity contribution is 6.30. The Morgan fingerprint density at radius 2 is 0.966 bits per heavy atom. The molecule has 22 nitrogen and oxygen atoms in total. The lowest BCUT2D eigenvalue weighted by Crippen LogP contribution is -2.38. The van der Waals surface area contributed by atoms with Crippen molar-refractivity contribution in [2.24, 2.45) is 49.9 Å². The molecule has 4 amide bonds. The van der Waals surface area contributed by atoms with Gasteiger partial charge in [0.05, 0.1) is 29.0 Å². The van der Waals surface area contributed by atoms with Crippen LogP contribution in [0.3, 0.4) is 0 Å². The van der Waals surface area contributed by atoms with Crippen molar-refractivity contribution in [3.05, 3.63) is 58.8 Å². The first kappa shape index (κ1) is 79.0. The second-order valence-corrected chi connectivity index (χ2v) is 24.3. The Bertz CT molecular complexity index is 2350. The van der Waals surface area contributed by atoms with Gasteiger partial charge in [-0.3, -0.25) is 39.1 Å². The first-order valence-electron chi connectivity index (χ1n) is 33.2. The van der Waals surface area contributed by atoms with Crippen LogP contribution in [0.25, 0.3) is 0 Å². The summed E-state index contributed by atoms with van der Waals surface area (Å²) >= 11 is 6.07. The third-order valence-electron chi connectivity index (χ3n) is 15.5. The largest absolute Gasteiger partial charge is 0.492 e. The molecule has 23 heteroatoms. The van der Waals surface area contributed by atoms with Gasteiger partial charge < -0.3 is 64.1 Å². The summed E-state index contributed by atoms with van der Waals surface area (Å²) in [6.45, 7) is 32.3. The minimum atomic E-state index is -0.532. The van der Waals surface area contributed by atoms with Crippen LogP contribution in [-0.4, -0.2) is 177 Å². The van der Waals surface area contributed by atoms with Gasteiger partial charge in [0.25, 0.3) is 5.91 Å². The topological polar surface area (TPSA) is 314 Å². The standard InChI is InChI=1S/C66H118ClN17O5/c1-10-11-40-82(41-20-37-76-63(85)50(2)25-12-16-33-72-54(6)68)44-23-46-84(48-49-89-59-31-29-58(30-32-59)28-15-19-36-75-57(9)80-66(88)60-62(71)79-53(5)61(67)81-60)47-24-45-83(42-21-38-77-64(86)51(3)26-13-17-34-73-55(7)69)43-22-39-78-65(87)52(4)27-14-18-35-74-56(8)70/h29-32,50-52,75H,9-28,33-49H2,1-8H3,(H2,68,72)(H2,69,73)(H2,70,74)(H2,71,79)(H,76,85)(H,77,86)(H,78,87)(H,80,88)/t50-,51-,52-/m0/s1. The number of amidine groups is 3. The maximum absolute atomic E-state index is 13.1. The van der Waals surface area contributed by atoms with Crippen molar-refractivity contribution in [3.8, 4) is 5.75 Å². The molecule has 1 aromatic carbocycles. The van der Waals surface area contributed by atoms with Gasteiger partial charge in [0.15, 0.2) is 16.7 Å². The highest BCUT2D eigenvalue weighted by Crippen LogP contribution is 2.17. The number of aryl methyl sites for hydroxylation is 2. The van der Waals surface area contributed by atoms with Crippen molar-refractivity contribution < 1.29 is 23.9 Å². The van der Waals surface area contributed by atoms with Gasteiger partial charge in [-0.15, -0.1) is 0 Å². The molecular formula is C66H118ClN17O5. The molecule has 0 spiro atoms. The number of hydrogen-bond acceptors (Lipinski definition) is 15. The molecule has 0 radical (unpaired) electrons. The van der Waals surface area contributed by atoms with Gasteiger partial charge in [-0.1, -0.05) is 83.7 Å². The van der Waals surface area contributed by atoms with E-state index in [0.717, 1.165) is 187 Å². The molecule has 0 bridgehead atoms. The van der Waals surface area contributed by atoms with E-state index in [1.165, 1.54) is 5.56 Å². The number of rotatable bonds is 53.